The number of benzene rings is 1. The Kier molecular flexibility index (Phi) is 3.86. The molecule has 0 aliphatic carbocycles. The van der Waals surface area contributed by atoms with E-state index in [9.17, 15) is 4.79 Å². The second kappa shape index (κ2) is 5.39. The minimum Gasteiger partial charge on any atom is -0.493 e. The van der Waals surface area contributed by atoms with Crippen molar-refractivity contribution in [1.82, 2.24) is 0 Å². The van der Waals surface area contributed by atoms with Gasteiger partial charge in [0.1, 0.15) is 18.9 Å². The molecule has 0 aromatic heterocycles. The molecule has 1 heterocycles. The average Bonchev–Trinajstić information content (AvgIpc) is 2.86. The van der Waals surface area contributed by atoms with Gasteiger partial charge in [-0.15, -0.1) is 0 Å². The number of rotatable bonds is 4. The maximum Gasteiger partial charge on any atom is 0.217 e. The number of hydrogen-bond acceptors (Lipinski definition) is 5. The first-order valence-corrected chi connectivity index (χ1v) is 6.06. The number of aliphatic imine (C=N–C) groups is 1. The van der Waals surface area contributed by atoms with Gasteiger partial charge in [-0.25, -0.2) is 4.99 Å². The van der Waals surface area contributed by atoms with Gasteiger partial charge in [0.05, 0.1) is 18.7 Å². The van der Waals surface area contributed by atoms with Crippen LogP contribution in [0.3, 0.4) is 0 Å². The molecule has 0 saturated carbocycles. The monoisotopic (exact) mass is 313 g/mol. The normalized spacial score (nSPS) is 17.9. The van der Waals surface area contributed by atoms with E-state index in [1.165, 1.54) is 0 Å². The molecule has 0 fully saturated rings. The molecule has 0 saturated heterocycles. The van der Waals surface area contributed by atoms with E-state index >= 15 is 0 Å². The summed E-state index contributed by atoms with van der Waals surface area (Å²) in [6.45, 7) is 0.283. The van der Waals surface area contributed by atoms with Crippen LogP contribution in [-0.2, 0) is 9.53 Å². The molecule has 18 heavy (non-hydrogen) atoms. The molecule has 6 heteroatoms. The molecule has 1 aromatic carbocycles. The number of hydrogen-bond donors (Lipinski definition) is 0. The number of carbonyl (C=O) groups excluding carboxylic acids is 1. The molecule has 1 aromatic rings. The zero-order chi connectivity index (χ0) is 13.1. The average molecular weight is 314 g/mol. The number of methoxy groups -OCH3 is 2. The van der Waals surface area contributed by atoms with Gasteiger partial charge in [0, 0.05) is 5.56 Å². The van der Waals surface area contributed by atoms with Crippen molar-refractivity contribution >= 4 is 28.1 Å². The van der Waals surface area contributed by atoms with E-state index in [0.29, 0.717) is 17.4 Å². The number of nitrogens with zero attached hydrogens (tertiary/aromatic N) is 1. The van der Waals surface area contributed by atoms with Crippen LogP contribution >= 0.6 is 15.9 Å². The zero-order valence-electron chi connectivity index (χ0n) is 9.97. The summed E-state index contributed by atoms with van der Waals surface area (Å²) >= 11 is 3.39. The summed E-state index contributed by atoms with van der Waals surface area (Å²) < 4.78 is 16.6. The van der Waals surface area contributed by atoms with Crippen molar-refractivity contribution in [3.8, 4) is 11.5 Å². The predicted octanol–water partition coefficient (Wildman–Crippen LogP) is 1.81. The Hall–Kier alpha value is -1.56. The Balaban J connectivity index is 2.41. The fourth-order valence-electron chi connectivity index (χ4n) is 1.66. The quantitative estimate of drug-likeness (QED) is 0.796. The number of halogens is 1. The highest BCUT2D eigenvalue weighted by Crippen LogP contribution is 2.36. The molecule has 2 rings (SSSR count). The van der Waals surface area contributed by atoms with Crippen LogP contribution < -0.4 is 9.47 Å². The third kappa shape index (κ3) is 2.33. The summed E-state index contributed by atoms with van der Waals surface area (Å²) in [7, 11) is 3.12. The highest BCUT2D eigenvalue weighted by atomic mass is 79.9. The largest absolute Gasteiger partial charge is 0.493 e. The van der Waals surface area contributed by atoms with Gasteiger partial charge in [-0.2, -0.15) is 0 Å². The Morgan fingerprint density at radius 2 is 2.22 bits per heavy atom. The van der Waals surface area contributed by atoms with E-state index in [-0.39, 0.29) is 6.61 Å². The second-order valence-corrected chi connectivity index (χ2v) is 4.50. The molecule has 96 valence electrons. The smallest absolute Gasteiger partial charge is 0.217 e. The van der Waals surface area contributed by atoms with Crippen LogP contribution in [0.5, 0.6) is 11.5 Å². The Labute approximate surface area is 113 Å². The van der Waals surface area contributed by atoms with E-state index in [4.69, 9.17) is 14.2 Å². The van der Waals surface area contributed by atoms with Crippen LogP contribution in [0.2, 0.25) is 0 Å². The molecular formula is C12H12BrNO4. The molecule has 0 N–H and O–H groups in total. The summed E-state index contributed by atoms with van der Waals surface area (Å²) in [6.07, 6.45) is 0.767. The fourth-order valence-corrected chi connectivity index (χ4v) is 2.26. The first-order chi connectivity index (χ1) is 8.69. The Bertz CT molecular complexity index is 501. The molecular weight excluding hydrogens is 302 g/mol. The fraction of sp³-hybridized carbons (Fsp3) is 0.333. The highest BCUT2D eigenvalue weighted by Gasteiger charge is 2.21. The maximum atomic E-state index is 10.6. The molecule has 5 nitrogen and oxygen atoms in total. The Morgan fingerprint density at radius 3 is 2.78 bits per heavy atom. The molecule has 0 radical (unpaired) electrons. The topological polar surface area (TPSA) is 57.1 Å². The Morgan fingerprint density at radius 1 is 1.44 bits per heavy atom. The first kappa shape index (κ1) is 12.9. The lowest BCUT2D eigenvalue weighted by molar-refractivity contribution is -0.109. The highest BCUT2D eigenvalue weighted by molar-refractivity contribution is 9.10. The second-order valence-electron chi connectivity index (χ2n) is 3.64. The van der Waals surface area contributed by atoms with Gasteiger partial charge in [-0.3, -0.25) is 0 Å². The van der Waals surface area contributed by atoms with Gasteiger partial charge in [0.2, 0.25) is 5.90 Å². The van der Waals surface area contributed by atoms with Crippen molar-refractivity contribution in [3.05, 3.63) is 22.2 Å². The van der Waals surface area contributed by atoms with Crippen LogP contribution in [0, 0.1) is 0 Å². The number of aldehydes is 1. The van der Waals surface area contributed by atoms with Crippen LogP contribution in [0.4, 0.5) is 0 Å². The molecule has 0 unspecified atom stereocenters. The van der Waals surface area contributed by atoms with Crippen molar-refractivity contribution in [3.63, 3.8) is 0 Å². The van der Waals surface area contributed by atoms with E-state index < -0.39 is 6.04 Å². The van der Waals surface area contributed by atoms with Crippen molar-refractivity contribution in [2.45, 2.75) is 6.04 Å². The van der Waals surface area contributed by atoms with Gasteiger partial charge in [0.25, 0.3) is 0 Å². The van der Waals surface area contributed by atoms with Crippen LogP contribution in [0.1, 0.15) is 5.56 Å². The van der Waals surface area contributed by atoms with E-state index in [2.05, 4.69) is 20.9 Å². The summed E-state index contributed by atoms with van der Waals surface area (Å²) in [5, 5.41) is 0. The van der Waals surface area contributed by atoms with Gasteiger partial charge in [-0.05, 0) is 28.1 Å². The molecule has 1 atom stereocenters. The third-order valence-electron chi connectivity index (χ3n) is 2.51. The summed E-state index contributed by atoms with van der Waals surface area (Å²) in [5.74, 6) is 1.61. The first-order valence-electron chi connectivity index (χ1n) is 5.27. The predicted molar refractivity (Wildman–Crippen MR) is 69.6 cm³/mol. The van der Waals surface area contributed by atoms with Gasteiger partial charge < -0.3 is 19.0 Å². The number of carbonyl (C=O) groups is 1. The minimum atomic E-state index is -0.424. The van der Waals surface area contributed by atoms with Crippen LogP contribution in [0.25, 0.3) is 0 Å². The maximum absolute atomic E-state index is 10.6. The third-order valence-corrected chi connectivity index (χ3v) is 3.10. The lowest BCUT2D eigenvalue weighted by Gasteiger charge is -2.11. The standard InChI is InChI=1S/C12H12BrNO4/c1-16-10-4-7(3-9(13)11(10)17-2)12-14-8(5-15)6-18-12/h3-5,8H,6H2,1-2H3/t8-/m0/s1. The molecule has 0 spiro atoms. The lowest BCUT2D eigenvalue weighted by atomic mass is 10.2. The van der Waals surface area contributed by atoms with Crippen molar-refractivity contribution < 1.29 is 19.0 Å². The molecule has 1 aliphatic rings. The molecule has 1 aliphatic heterocycles. The van der Waals surface area contributed by atoms with Crippen LogP contribution in [-0.4, -0.2) is 39.1 Å². The van der Waals surface area contributed by atoms with Crippen molar-refractivity contribution in [2.75, 3.05) is 20.8 Å². The van der Waals surface area contributed by atoms with Crippen LogP contribution in [0.15, 0.2) is 21.6 Å². The van der Waals surface area contributed by atoms with Gasteiger partial charge >= 0.3 is 0 Å². The van der Waals surface area contributed by atoms with E-state index in [1.807, 2.05) is 6.07 Å². The molecule has 0 bridgehead atoms. The minimum absolute atomic E-state index is 0.283. The lowest BCUT2D eigenvalue weighted by Crippen LogP contribution is -2.06. The van der Waals surface area contributed by atoms with Crippen molar-refractivity contribution in [2.24, 2.45) is 4.99 Å². The summed E-state index contributed by atoms with van der Waals surface area (Å²) in [6, 6.07) is 3.15. The van der Waals surface area contributed by atoms with E-state index in [0.717, 1.165) is 16.3 Å². The summed E-state index contributed by atoms with van der Waals surface area (Å²) in [4.78, 5) is 14.8. The van der Waals surface area contributed by atoms with Gasteiger partial charge in [0.15, 0.2) is 11.5 Å². The summed E-state index contributed by atoms with van der Waals surface area (Å²) in [5.41, 5.74) is 0.740. The van der Waals surface area contributed by atoms with Gasteiger partial charge in [-0.1, -0.05) is 0 Å². The van der Waals surface area contributed by atoms with E-state index in [1.54, 1.807) is 20.3 Å². The zero-order valence-corrected chi connectivity index (χ0v) is 11.6. The SMILES string of the molecule is COc1cc(C2=N[C@@H](C=O)CO2)cc(Br)c1OC. The molecule has 0 amide bonds. The van der Waals surface area contributed by atoms with Crippen molar-refractivity contribution in [1.29, 1.82) is 0 Å². The number of ether oxygens (including phenoxy) is 3.